The van der Waals surface area contributed by atoms with Gasteiger partial charge in [0, 0.05) is 0 Å². The second-order valence-electron chi connectivity index (χ2n) is 5.57. The van der Waals surface area contributed by atoms with Crippen LogP contribution in [0, 0.1) is 5.92 Å². The van der Waals surface area contributed by atoms with Crippen molar-refractivity contribution in [1.29, 1.82) is 0 Å². The summed E-state index contributed by atoms with van der Waals surface area (Å²) in [7, 11) is 0. The van der Waals surface area contributed by atoms with Gasteiger partial charge in [0.15, 0.2) is 0 Å². The minimum absolute atomic E-state index is 0.317. The zero-order valence-corrected chi connectivity index (χ0v) is 10.0. The fraction of sp³-hybridized carbons (Fsp3) is 0.600. The molecule has 92 valence electrons. The van der Waals surface area contributed by atoms with Crippen molar-refractivity contribution in [1.82, 2.24) is 0 Å². The van der Waals surface area contributed by atoms with Gasteiger partial charge in [-0.15, -0.1) is 0 Å². The Morgan fingerprint density at radius 3 is 2.41 bits per heavy atom. The Labute approximate surface area is 102 Å². The average Bonchev–Trinajstić information content (AvgIpc) is 3.09. The van der Waals surface area contributed by atoms with Crippen LogP contribution in [0.2, 0.25) is 0 Å². The molecule has 0 heterocycles. The maximum Gasteiger partial charge on any atom is 0.105 e. The van der Waals surface area contributed by atoms with Gasteiger partial charge >= 0.3 is 0 Å². The Balaban J connectivity index is 1.76. The highest BCUT2D eigenvalue weighted by atomic mass is 16.3. The zero-order chi connectivity index (χ0) is 11.8. The molecule has 2 atom stereocenters. The molecule has 2 heteroatoms. The van der Waals surface area contributed by atoms with Crippen LogP contribution in [0.3, 0.4) is 0 Å². The van der Waals surface area contributed by atoms with Crippen molar-refractivity contribution in [2.24, 2.45) is 5.92 Å². The van der Waals surface area contributed by atoms with Crippen molar-refractivity contribution < 1.29 is 10.2 Å². The molecule has 0 bridgehead atoms. The fourth-order valence-corrected chi connectivity index (χ4v) is 2.63. The molecule has 0 saturated heterocycles. The number of aliphatic hydroxyl groups is 2. The summed E-state index contributed by atoms with van der Waals surface area (Å²) < 4.78 is 0. The highest BCUT2D eigenvalue weighted by molar-refractivity contribution is 5.29. The first-order chi connectivity index (χ1) is 8.25. The number of rotatable bonds is 4. The molecule has 2 fully saturated rings. The van der Waals surface area contributed by atoms with Crippen LogP contribution < -0.4 is 0 Å². The number of benzene rings is 1. The molecule has 1 aromatic carbocycles. The number of hydrogen-bond donors (Lipinski definition) is 2. The molecule has 17 heavy (non-hydrogen) atoms. The Kier molecular flexibility index (Phi) is 2.93. The molecule has 2 nitrogen and oxygen atoms in total. The Bertz CT molecular complexity index is 394. The summed E-state index contributed by atoms with van der Waals surface area (Å²) in [4.78, 5) is 0. The van der Waals surface area contributed by atoms with Crippen molar-refractivity contribution in [2.45, 2.75) is 50.2 Å². The lowest BCUT2D eigenvalue weighted by Crippen LogP contribution is -2.20. The quantitative estimate of drug-likeness (QED) is 0.838. The maximum absolute atomic E-state index is 10.1. The van der Waals surface area contributed by atoms with Crippen molar-refractivity contribution in [3.8, 4) is 0 Å². The summed E-state index contributed by atoms with van der Waals surface area (Å²) in [6.45, 7) is 0. The van der Waals surface area contributed by atoms with Crippen LogP contribution in [0.1, 0.15) is 55.3 Å². The molecule has 0 aliphatic heterocycles. The minimum Gasteiger partial charge on any atom is -0.390 e. The van der Waals surface area contributed by atoms with Gasteiger partial charge < -0.3 is 10.2 Å². The van der Waals surface area contributed by atoms with E-state index in [1.54, 1.807) is 0 Å². The van der Waals surface area contributed by atoms with Crippen molar-refractivity contribution in [2.75, 3.05) is 0 Å². The average molecular weight is 232 g/mol. The molecular formula is C15H20O2. The molecule has 0 amide bonds. The van der Waals surface area contributed by atoms with Gasteiger partial charge in [-0.05, 0) is 48.6 Å². The first-order valence-corrected chi connectivity index (χ1v) is 6.71. The van der Waals surface area contributed by atoms with Crippen LogP contribution in [0.25, 0.3) is 0 Å². The minimum atomic E-state index is -0.706. The Morgan fingerprint density at radius 1 is 1.06 bits per heavy atom. The van der Waals surface area contributed by atoms with E-state index in [0.29, 0.717) is 11.8 Å². The fourth-order valence-electron chi connectivity index (χ4n) is 2.63. The van der Waals surface area contributed by atoms with Gasteiger partial charge in [0.1, 0.15) is 6.10 Å². The van der Waals surface area contributed by atoms with E-state index < -0.39 is 12.2 Å². The highest BCUT2D eigenvalue weighted by Crippen LogP contribution is 2.40. The van der Waals surface area contributed by atoms with Gasteiger partial charge in [-0.1, -0.05) is 30.7 Å². The molecule has 2 unspecified atom stereocenters. The molecule has 0 aromatic heterocycles. The van der Waals surface area contributed by atoms with Gasteiger partial charge in [-0.3, -0.25) is 0 Å². The van der Waals surface area contributed by atoms with Crippen LogP contribution in [-0.2, 0) is 0 Å². The van der Waals surface area contributed by atoms with Crippen LogP contribution in [-0.4, -0.2) is 16.3 Å². The number of hydrogen-bond acceptors (Lipinski definition) is 2. The van der Waals surface area contributed by atoms with Gasteiger partial charge in [-0.25, -0.2) is 0 Å². The van der Waals surface area contributed by atoms with E-state index in [0.717, 1.165) is 18.4 Å². The van der Waals surface area contributed by atoms with Gasteiger partial charge in [0.2, 0.25) is 0 Å². The normalized spacial score (nSPS) is 24.1. The lowest BCUT2D eigenvalue weighted by molar-refractivity contribution is 0.00478. The first-order valence-electron chi connectivity index (χ1n) is 6.71. The van der Waals surface area contributed by atoms with E-state index in [-0.39, 0.29) is 0 Å². The van der Waals surface area contributed by atoms with Crippen molar-refractivity contribution in [3.63, 3.8) is 0 Å². The third-order valence-corrected chi connectivity index (χ3v) is 4.26. The standard InChI is InChI=1S/C15H20O2/c16-14(11-7-8-11)15(17)13-6-2-5-12(9-13)10-3-1-4-10/h2,5-6,9-11,14-17H,1,3-4,7-8H2. The monoisotopic (exact) mass is 232 g/mol. The van der Waals surface area contributed by atoms with Gasteiger partial charge in [0.25, 0.3) is 0 Å². The summed E-state index contributed by atoms with van der Waals surface area (Å²) in [5.74, 6) is 0.998. The summed E-state index contributed by atoms with van der Waals surface area (Å²) in [6.07, 6.45) is 4.69. The maximum atomic E-state index is 10.1. The Hall–Kier alpha value is -0.860. The first kappa shape index (κ1) is 11.2. The van der Waals surface area contributed by atoms with E-state index in [1.807, 2.05) is 12.1 Å². The summed E-state index contributed by atoms with van der Waals surface area (Å²) in [6, 6.07) is 8.16. The highest BCUT2D eigenvalue weighted by Gasteiger charge is 2.35. The predicted octanol–water partition coefficient (Wildman–Crippen LogP) is 2.76. The van der Waals surface area contributed by atoms with E-state index >= 15 is 0 Å². The summed E-state index contributed by atoms with van der Waals surface area (Å²) in [5, 5.41) is 20.1. The van der Waals surface area contributed by atoms with E-state index in [1.165, 1.54) is 24.8 Å². The van der Waals surface area contributed by atoms with E-state index in [9.17, 15) is 10.2 Å². The molecular weight excluding hydrogens is 212 g/mol. The predicted molar refractivity (Wildman–Crippen MR) is 66.7 cm³/mol. The SMILES string of the molecule is OC(c1cccc(C2CCC2)c1)C(O)C1CC1. The lowest BCUT2D eigenvalue weighted by atomic mass is 9.79. The number of aliphatic hydroxyl groups excluding tert-OH is 2. The molecule has 1 aromatic rings. The molecule has 0 radical (unpaired) electrons. The van der Waals surface area contributed by atoms with Gasteiger partial charge in [-0.2, -0.15) is 0 Å². The zero-order valence-electron chi connectivity index (χ0n) is 10.0. The third-order valence-electron chi connectivity index (χ3n) is 4.26. The second-order valence-corrected chi connectivity index (χ2v) is 5.57. The summed E-state index contributed by atoms with van der Waals surface area (Å²) >= 11 is 0. The molecule has 0 spiro atoms. The topological polar surface area (TPSA) is 40.5 Å². The van der Waals surface area contributed by atoms with E-state index in [4.69, 9.17) is 0 Å². The molecule has 2 saturated carbocycles. The van der Waals surface area contributed by atoms with Crippen LogP contribution >= 0.6 is 0 Å². The Morgan fingerprint density at radius 2 is 1.82 bits per heavy atom. The molecule has 2 aliphatic rings. The lowest BCUT2D eigenvalue weighted by Gasteiger charge is -2.27. The van der Waals surface area contributed by atoms with Crippen LogP contribution in [0.15, 0.2) is 24.3 Å². The summed E-state index contributed by atoms with van der Waals surface area (Å²) in [5.41, 5.74) is 2.21. The molecule has 3 rings (SSSR count). The smallest absolute Gasteiger partial charge is 0.105 e. The van der Waals surface area contributed by atoms with Crippen LogP contribution in [0.5, 0.6) is 0 Å². The largest absolute Gasteiger partial charge is 0.390 e. The third kappa shape index (κ3) is 2.24. The molecule has 2 N–H and O–H groups in total. The second kappa shape index (κ2) is 4.43. The molecule has 2 aliphatic carbocycles. The van der Waals surface area contributed by atoms with E-state index in [2.05, 4.69) is 12.1 Å². The van der Waals surface area contributed by atoms with Crippen LogP contribution in [0.4, 0.5) is 0 Å². The van der Waals surface area contributed by atoms with Crippen molar-refractivity contribution >= 4 is 0 Å². The van der Waals surface area contributed by atoms with Gasteiger partial charge in [0.05, 0.1) is 6.10 Å². The van der Waals surface area contributed by atoms with Crippen molar-refractivity contribution in [3.05, 3.63) is 35.4 Å².